The van der Waals surface area contributed by atoms with E-state index in [2.05, 4.69) is 5.32 Å². The summed E-state index contributed by atoms with van der Waals surface area (Å²) in [5.41, 5.74) is 0.422. The van der Waals surface area contributed by atoms with E-state index < -0.39 is 23.9 Å². The summed E-state index contributed by atoms with van der Waals surface area (Å²) in [5.74, 6) is -1.91. The number of nitrogens with one attached hydrogen (secondary N) is 1. The highest BCUT2D eigenvalue weighted by atomic mass is 32.1. The molecule has 0 saturated carbocycles. The SMILES string of the molecule is CCOC(=O)[C@H](C[SH]=CC(=O)O)NC(=O)c1ccccc1. The van der Waals surface area contributed by atoms with Crippen molar-refractivity contribution in [2.45, 2.75) is 13.0 Å². The second kappa shape index (κ2) is 8.91. The first-order valence-corrected chi connectivity index (χ1v) is 7.44. The van der Waals surface area contributed by atoms with Gasteiger partial charge in [0.15, 0.2) is 0 Å². The molecule has 0 bridgehead atoms. The van der Waals surface area contributed by atoms with E-state index in [-0.39, 0.29) is 12.4 Å². The molecule has 0 unspecified atom stereocenters. The van der Waals surface area contributed by atoms with Crippen molar-refractivity contribution in [3.63, 3.8) is 0 Å². The summed E-state index contributed by atoms with van der Waals surface area (Å²) in [7, 11) is 0. The zero-order valence-corrected chi connectivity index (χ0v) is 12.4. The summed E-state index contributed by atoms with van der Waals surface area (Å²) < 4.78 is 4.88. The second-order valence-corrected chi connectivity index (χ2v) is 4.97. The number of benzene rings is 1. The maximum atomic E-state index is 12.0. The van der Waals surface area contributed by atoms with Crippen LogP contribution in [0.4, 0.5) is 0 Å². The summed E-state index contributed by atoms with van der Waals surface area (Å²) in [6.45, 7) is 1.85. The van der Waals surface area contributed by atoms with Gasteiger partial charge in [0.2, 0.25) is 0 Å². The lowest BCUT2D eigenvalue weighted by Gasteiger charge is -2.15. The van der Waals surface area contributed by atoms with Crippen LogP contribution in [0.1, 0.15) is 17.3 Å². The molecule has 0 spiro atoms. The molecule has 0 radical (unpaired) electrons. The highest BCUT2D eigenvalue weighted by Gasteiger charge is 2.21. The first kappa shape index (κ1) is 16.9. The molecule has 1 amide bonds. The lowest BCUT2D eigenvalue weighted by molar-refractivity contribution is -0.144. The van der Waals surface area contributed by atoms with Gasteiger partial charge in [-0.3, -0.25) is 4.79 Å². The van der Waals surface area contributed by atoms with Crippen molar-refractivity contribution in [2.24, 2.45) is 0 Å². The fraction of sp³-hybridized carbons (Fsp3) is 0.286. The van der Waals surface area contributed by atoms with E-state index in [0.717, 1.165) is 5.37 Å². The number of carbonyl (C=O) groups excluding carboxylic acids is 2. The third kappa shape index (κ3) is 6.22. The Morgan fingerprint density at radius 1 is 1.33 bits per heavy atom. The molecular formula is C14H17NO5S. The van der Waals surface area contributed by atoms with Crippen LogP contribution >= 0.6 is 11.4 Å². The van der Waals surface area contributed by atoms with E-state index in [1.807, 2.05) is 0 Å². The lowest BCUT2D eigenvalue weighted by atomic mass is 10.2. The number of esters is 1. The van der Waals surface area contributed by atoms with Gasteiger partial charge in [0.25, 0.3) is 5.91 Å². The smallest absolute Gasteiger partial charge is 0.333 e. The molecule has 2 N–H and O–H groups in total. The summed E-state index contributed by atoms with van der Waals surface area (Å²) in [5, 5.41) is 12.1. The monoisotopic (exact) mass is 311 g/mol. The zero-order valence-electron chi connectivity index (χ0n) is 11.5. The van der Waals surface area contributed by atoms with Crippen LogP contribution in [0.2, 0.25) is 0 Å². The van der Waals surface area contributed by atoms with Crippen LogP contribution in [-0.2, 0) is 14.3 Å². The molecule has 0 aromatic heterocycles. The third-order valence-electron chi connectivity index (χ3n) is 2.40. The standard InChI is InChI=1S/C14H17NO5S/c1-2-20-14(19)11(8-21-9-12(16)17)15-13(18)10-6-4-3-5-7-10/h3-7,9,11,21H,2,8H2,1H3,(H,15,18)(H,16,17)/t11-/m0/s1. The Morgan fingerprint density at radius 2 is 2.00 bits per heavy atom. The van der Waals surface area contributed by atoms with Crippen LogP contribution in [0.15, 0.2) is 30.3 Å². The van der Waals surface area contributed by atoms with Crippen molar-refractivity contribution < 1.29 is 24.2 Å². The fourth-order valence-electron chi connectivity index (χ4n) is 1.49. The molecule has 0 fully saturated rings. The summed E-state index contributed by atoms with van der Waals surface area (Å²) in [6.07, 6.45) is 0. The zero-order chi connectivity index (χ0) is 15.7. The molecular weight excluding hydrogens is 294 g/mol. The maximum absolute atomic E-state index is 12.0. The Bertz CT molecular complexity index is 529. The molecule has 1 aromatic carbocycles. The molecule has 7 heteroatoms. The predicted octanol–water partition coefficient (Wildman–Crippen LogP) is 0.700. The molecule has 0 heterocycles. The number of hydrogen-bond donors (Lipinski definition) is 3. The number of ether oxygens (including phenoxy) is 1. The molecule has 0 aliphatic carbocycles. The van der Waals surface area contributed by atoms with Gasteiger partial charge in [-0.05, 0) is 19.1 Å². The van der Waals surface area contributed by atoms with Crippen molar-refractivity contribution in [3.05, 3.63) is 35.9 Å². The molecule has 0 aliphatic rings. The van der Waals surface area contributed by atoms with Crippen LogP contribution in [0.3, 0.4) is 0 Å². The minimum absolute atomic E-state index is 0.143. The van der Waals surface area contributed by atoms with Gasteiger partial charge in [-0.1, -0.05) is 18.2 Å². The van der Waals surface area contributed by atoms with Crippen LogP contribution in [0, 0.1) is 0 Å². The van der Waals surface area contributed by atoms with E-state index in [1.54, 1.807) is 37.3 Å². The number of amides is 1. The first-order valence-electron chi connectivity index (χ1n) is 6.30. The predicted molar refractivity (Wildman–Crippen MR) is 81.9 cm³/mol. The van der Waals surface area contributed by atoms with E-state index >= 15 is 0 Å². The summed E-state index contributed by atoms with van der Waals surface area (Å²) in [4.78, 5) is 34.2. The normalized spacial score (nSPS) is 12.2. The van der Waals surface area contributed by atoms with Gasteiger partial charge in [0, 0.05) is 16.7 Å². The summed E-state index contributed by atoms with van der Waals surface area (Å²) in [6, 6.07) is 7.57. The Labute approximate surface area is 126 Å². The van der Waals surface area contributed by atoms with E-state index in [1.165, 1.54) is 0 Å². The van der Waals surface area contributed by atoms with Crippen molar-refractivity contribution in [3.8, 4) is 0 Å². The minimum Gasteiger partial charge on any atom is -0.478 e. The van der Waals surface area contributed by atoms with Crippen molar-refractivity contribution in [1.29, 1.82) is 0 Å². The molecule has 1 aromatic rings. The number of rotatable bonds is 7. The van der Waals surface area contributed by atoms with E-state index in [0.29, 0.717) is 16.9 Å². The molecule has 0 saturated heterocycles. The van der Waals surface area contributed by atoms with Crippen molar-refractivity contribution in [2.75, 3.05) is 12.4 Å². The van der Waals surface area contributed by atoms with Gasteiger partial charge in [-0.15, -0.1) is 0 Å². The number of aliphatic carboxylic acids is 1. The van der Waals surface area contributed by atoms with E-state index in [9.17, 15) is 14.4 Å². The number of carboxylic acid groups (broad SMARTS) is 1. The van der Waals surface area contributed by atoms with Gasteiger partial charge in [0.1, 0.15) is 6.04 Å². The largest absolute Gasteiger partial charge is 0.478 e. The Balaban J connectivity index is 2.74. The molecule has 21 heavy (non-hydrogen) atoms. The lowest BCUT2D eigenvalue weighted by Crippen LogP contribution is -2.43. The summed E-state index contributed by atoms with van der Waals surface area (Å²) >= 11 is 0.414. The maximum Gasteiger partial charge on any atom is 0.333 e. The third-order valence-corrected chi connectivity index (χ3v) is 3.38. The van der Waals surface area contributed by atoms with Gasteiger partial charge < -0.3 is 15.2 Å². The molecule has 1 atom stereocenters. The molecule has 0 aliphatic heterocycles. The highest BCUT2D eigenvalue weighted by molar-refractivity contribution is 7.98. The van der Waals surface area contributed by atoms with Crippen LogP contribution in [-0.4, -0.2) is 46.7 Å². The quantitative estimate of drug-likeness (QED) is 0.392. The van der Waals surface area contributed by atoms with Gasteiger partial charge in [-0.2, -0.15) is 11.4 Å². The van der Waals surface area contributed by atoms with Gasteiger partial charge in [-0.25, -0.2) is 9.59 Å². The van der Waals surface area contributed by atoms with Gasteiger partial charge >= 0.3 is 11.9 Å². The average Bonchev–Trinajstić information content (AvgIpc) is 2.47. The highest BCUT2D eigenvalue weighted by Crippen LogP contribution is 2.02. The fourth-order valence-corrected chi connectivity index (χ4v) is 2.20. The van der Waals surface area contributed by atoms with Crippen molar-refractivity contribution >= 4 is 34.6 Å². The number of thiol groups is 1. The Kier molecular flexibility index (Phi) is 7.17. The van der Waals surface area contributed by atoms with Crippen LogP contribution in [0.25, 0.3) is 0 Å². The van der Waals surface area contributed by atoms with Crippen molar-refractivity contribution in [1.82, 2.24) is 5.32 Å². The van der Waals surface area contributed by atoms with Gasteiger partial charge in [0.05, 0.1) is 6.61 Å². The van der Waals surface area contributed by atoms with E-state index in [4.69, 9.17) is 9.84 Å². The molecule has 114 valence electrons. The number of hydrogen-bond acceptors (Lipinski definition) is 4. The first-order chi connectivity index (χ1) is 10.0. The number of carbonyl (C=O) groups is 3. The average molecular weight is 311 g/mol. The van der Waals surface area contributed by atoms with Crippen LogP contribution < -0.4 is 5.32 Å². The second-order valence-electron chi connectivity index (χ2n) is 3.98. The Morgan fingerprint density at radius 3 is 2.57 bits per heavy atom. The van der Waals surface area contributed by atoms with Crippen LogP contribution in [0.5, 0.6) is 0 Å². The number of carboxylic acids is 1. The molecule has 6 nitrogen and oxygen atoms in total. The minimum atomic E-state index is -1.08. The molecule has 1 rings (SSSR count). The topological polar surface area (TPSA) is 92.7 Å². The Hall–Kier alpha value is -2.15.